The van der Waals surface area contributed by atoms with Gasteiger partial charge in [0.05, 0.1) is 5.56 Å². The molecule has 0 radical (unpaired) electrons. The van der Waals surface area contributed by atoms with Crippen LogP contribution < -0.4 is 4.90 Å². The number of hydrogen-bond donors (Lipinski definition) is 0. The number of anilines is 1. The van der Waals surface area contributed by atoms with Crippen molar-refractivity contribution in [1.29, 1.82) is 0 Å². The summed E-state index contributed by atoms with van der Waals surface area (Å²) < 4.78 is 1.97. The first-order valence-electron chi connectivity index (χ1n) is 9.35. The van der Waals surface area contributed by atoms with Crippen molar-refractivity contribution in [3.8, 4) is 0 Å². The van der Waals surface area contributed by atoms with Gasteiger partial charge >= 0.3 is 0 Å². The van der Waals surface area contributed by atoms with Crippen LogP contribution in [0.4, 0.5) is 5.69 Å². The van der Waals surface area contributed by atoms with Crippen LogP contribution in [0.15, 0.2) is 48.5 Å². The summed E-state index contributed by atoms with van der Waals surface area (Å²) in [6, 6.07) is 15.4. The molecule has 0 aliphatic carbocycles. The van der Waals surface area contributed by atoms with Crippen molar-refractivity contribution in [1.82, 2.24) is 9.47 Å². The lowest BCUT2D eigenvalue weighted by atomic mass is 10.1. The average Bonchev–Trinajstić information content (AvgIpc) is 2.98. The maximum atomic E-state index is 13.1. The van der Waals surface area contributed by atoms with Gasteiger partial charge in [0.15, 0.2) is 0 Å². The van der Waals surface area contributed by atoms with Crippen molar-refractivity contribution in [2.45, 2.75) is 6.92 Å². The predicted molar refractivity (Wildman–Crippen MR) is 112 cm³/mol. The number of halogens is 1. The Morgan fingerprint density at radius 2 is 1.68 bits per heavy atom. The van der Waals surface area contributed by atoms with Crippen molar-refractivity contribution in [2.24, 2.45) is 7.05 Å². The third-order valence-electron chi connectivity index (χ3n) is 5.56. The second-order valence-corrected chi connectivity index (χ2v) is 7.56. The third kappa shape index (κ3) is 3.16. The number of rotatable bonds is 3. The highest BCUT2D eigenvalue weighted by Crippen LogP contribution is 2.26. The molecule has 0 N–H and O–H groups in total. The normalized spacial score (nSPS) is 14.5. The van der Waals surface area contributed by atoms with Crippen LogP contribution in [-0.2, 0) is 11.8 Å². The van der Waals surface area contributed by atoms with Gasteiger partial charge in [-0.3, -0.25) is 9.59 Å². The second-order valence-electron chi connectivity index (χ2n) is 7.12. The molecule has 3 aromatic rings. The Kier molecular flexibility index (Phi) is 4.85. The Balaban J connectivity index is 1.52. The Labute approximate surface area is 169 Å². The van der Waals surface area contributed by atoms with Gasteiger partial charge in [-0.2, -0.15) is 0 Å². The van der Waals surface area contributed by atoms with Gasteiger partial charge in [0.2, 0.25) is 0 Å². The molecule has 28 heavy (non-hydrogen) atoms. The molecule has 1 saturated heterocycles. The Hall–Kier alpha value is -2.79. The highest BCUT2D eigenvalue weighted by molar-refractivity contribution is 6.45. The Morgan fingerprint density at radius 1 is 0.964 bits per heavy atom. The highest BCUT2D eigenvalue weighted by Gasteiger charge is 2.30. The number of nitrogens with zero attached hydrogens (tertiary/aromatic N) is 3. The van der Waals surface area contributed by atoms with Crippen LogP contribution >= 0.6 is 11.6 Å². The van der Waals surface area contributed by atoms with Gasteiger partial charge in [0.1, 0.15) is 0 Å². The van der Waals surface area contributed by atoms with E-state index in [1.165, 1.54) is 0 Å². The van der Waals surface area contributed by atoms with Crippen LogP contribution in [0.1, 0.15) is 16.1 Å². The van der Waals surface area contributed by atoms with Crippen LogP contribution in [0.5, 0.6) is 0 Å². The maximum absolute atomic E-state index is 13.1. The molecule has 0 unspecified atom stereocenters. The van der Waals surface area contributed by atoms with Crippen LogP contribution in [0.3, 0.4) is 0 Å². The van der Waals surface area contributed by atoms with Crippen molar-refractivity contribution in [2.75, 3.05) is 31.1 Å². The standard InChI is InChI=1S/C22H22ClN3O2/c1-15-20(18-8-3-4-9-19(18)24(15)2)21(27)22(28)26-12-10-25(11-13-26)17-7-5-6-16(23)14-17/h3-9,14H,10-13H2,1-2H3. The summed E-state index contributed by atoms with van der Waals surface area (Å²) >= 11 is 6.08. The Bertz CT molecular complexity index is 1060. The summed E-state index contributed by atoms with van der Waals surface area (Å²) in [5, 5.41) is 1.52. The zero-order valence-corrected chi connectivity index (χ0v) is 16.7. The number of carbonyl (C=O) groups is 2. The van der Waals surface area contributed by atoms with Gasteiger partial charge in [-0.1, -0.05) is 35.9 Å². The van der Waals surface area contributed by atoms with E-state index in [0.717, 1.165) is 22.3 Å². The van der Waals surface area contributed by atoms with Gasteiger partial charge in [-0.05, 0) is 31.2 Å². The number of piperazine rings is 1. The van der Waals surface area contributed by atoms with Crippen molar-refractivity contribution in [3.05, 3.63) is 64.8 Å². The fourth-order valence-corrected chi connectivity index (χ4v) is 4.08. The molecular weight excluding hydrogens is 374 g/mol. The van der Waals surface area contributed by atoms with Crippen molar-refractivity contribution >= 4 is 39.9 Å². The topological polar surface area (TPSA) is 45.6 Å². The molecule has 0 atom stereocenters. The van der Waals surface area contributed by atoms with Crippen LogP contribution in [0.2, 0.25) is 5.02 Å². The van der Waals surface area contributed by atoms with E-state index in [-0.39, 0.29) is 0 Å². The molecule has 1 fully saturated rings. The minimum atomic E-state index is -0.426. The van der Waals surface area contributed by atoms with Crippen molar-refractivity contribution < 1.29 is 9.59 Å². The summed E-state index contributed by atoms with van der Waals surface area (Å²) in [5.74, 6) is -0.851. The summed E-state index contributed by atoms with van der Waals surface area (Å²) in [5.41, 5.74) is 3.33. The maximum Gasteiger partial charge on any atom is 0.295 e. The zero-order valence-electron chi connectivity index (χ0n) is 16.0. The van der Waals surface area contributed by atoms with Gasteiger partial charge in [-0.25, -0.2) is 0 Å². The minimum absolute atomic E-state index is 0.425. The van der Waals surface area contributed by atoms with Crippen LogP contribution in [-0.4, -0.2) is 47.3 Å². The number of fused-ring (bicyclic) bond motifs is 1. The molecule has 1 aromatic heterocycles. The molecule has 6 heteroatoms. The molecule has 0 bridgehead atoms. The number of Topliss-reactive ketones (excluding diaryl/α,β-unsaturated/α-hetero) is 1. The quantitative estimate of drug-likeness (QED) is 0.502. The number of aromatic nitrogens is 1. The molecule has 2 heterocycles. The molecule has 1 amide bonds. The number of benzene rings is 2. The van der Waals surface area contributed by atoms with E-state index in [0.29, 0.717) is 36.8 Å². The van der Waals surface area contributed by atoms with Gasteiger partial charge < -0.3 is 14.4 Å². The number of para-hydroxylation sites is 1. The summed E-state index contributed by atoms with van der Waals surface area (Å²) in [6.07, 6.45) is 0. The van der Waals surface area contributed by atoms with Crippen LogP contribution in [0, 0.1) is 6.92 Å². The van der Waals surface area contributed by atoms with E-state index in [1.54, 1.807) is 4.90 Å². The minimum Gasteiger partial charge on any atom is -0.368 e. The van der Waals surface area contributed by atoms with Gasteiger partial charge in [-0.15, -0.1) is 0 Å². The van der Waals surface area contributed by atoms with Crippen LogP contribution in [0.25, 0.3) is 10.9 Å². The first kappa shape index (κ1) is 18.6. The summed E-state index contributed by atoms with van der Waals surface area (Å²) in [6.45, 7) is 4.27. The second kappa shape index (κ2) is 7.32. The molecule has 0 spiro atoms. The fraction of sp³-hybridized carbons (Fsp3) is 0.273. The monoisotopic (exact) mass is 395 g/mol. The lowest BCUT2D eigenvalue weighted by molar-refractivity contribution is -0.126. The molecule has 1 aliphatic rings. The molecule has 2 aromatic carbocycles. The number of carbonyl (C=O) groups excluding carboxylic acids is 2. The SMILES string of the molecule is Cc1c(C(=O)C(=O)N2CCN(c3cccc(Cl)c3)CC2)c2ccccc2n1C. The smallest absolute Gasteiger partial charge is 0.295 e. The number of aryl methyl sites for hydroxylation is 1. The summed E-state index contributed by atoms with van der Waals surface area (Å²) in [4.78, 5) is 29.8. The van der Waals surface area contributed by atoms with E-state index in [1.807, 2.05) is 67.1 Å². The first-order chi connectivity index (χ1) is 13.5. The Morgan fingerprint density at radius 3 is 2.39 bits per heavy atom. The predicted octanol–water partition coefficient (Wildman–Crippen LogP) is 3.67. The van der Waals surface area contributed by atoms with E-state index < -0.39 is 11.7 Å². The first-order valence-corrected chi connectivity index (χ1v) is 9.73. The largest absolute Gasteiger partial charge is 0.368 e. The molecular formula is C22H22ClN3O2. The van der Waals surface area contributed by atoms with Gasteiger partial charge in [0, 0.05) is 60.5 Å². The van der Waals surface area contributed by atoms with Gasteiger partial charge in [0.25, 0.3) is 11.7 Å². The number of hydrogen-bond acceptors (Lipinski definition) is 3. The lowest BCUT2D eigenvalue weighted by Gasteiger charge is -2.35. The molecule has 5 nitrogen and oxygen atoms in total. The molecule has 144 valence electrons. The molecule has 1 aliphatic heterocycles. The van der Waals surface area contributed by atoms with E-state index >= 15 is 0 Å². The van der Waals surface area contributed by atoms with E-state index in [2.05, 4.69) is 4.90 Å². The highest BCUT2D eigenvalue weighted by atomic mass is 35.5. The van der Waals surface area contributed by atoms with E-state index in [4.69, 9.17) is 11.6 Å². The number of amides is 1. The average molecular weight is 396 g/mol. The fourth-order valence-electron chi connectivity index (χ4n) is 3.90. The number of ketones is 1. The molecule has 4 rings (SSSR count). The molecule has 0 saturated carbocycles. The third-order valence-corrected chi connectivity index (χ3v) is 5.80. The summed E-state index contributed by atoms with van der Waals surface area (Å²) in [7, 11) is 1.92. The van der Waals surface area contributed by atoms with Crippen molar-refractivity contribution in [3.63, 3.8) is 0 Å². The zero-order chi connectivity index (χ0) is 19.8. The van der Waals surface area contributed by atoms with E-state index in [9.17, 15) is 9.59 Å². The lowest BCUT2D eigenvalue weighted by Crippen LogP contribution is -2.50.